The molecule has 1 aliphatic heterocycles. The molecule has 0 bridgehead atoms. The molecule has 1 aromatic carbocycles. The van der Waals surface area contributed by atoms with Gasteiger partial charge < -0.3 is 4.90 Å². The number of hydrogen-bond acceptors (Lipinski definition) is 6. The van der Waals surface area contributed by atoms with Gasteiger partial charge in [-0.2, -0.15) is 0 Å². The van der Waals surface area contributed by atoms with Gasteiger partial charge in [-0.05, 0) is 44.1 Å². The van der Waals surface area contributed by atoms with Gasteiger partial charge in [0.2, 0.25) is 17.7 Å². The Hall–Kier alpha value is -2.03. The summed E-state index contributed by atoms with van der Waals surface area (Å²) in [7, 11) is 0. The summed E-state index contributed by atoms with van der Waals surface area (Å²) in [5.41, 5.74) is 3.12. The zero-order valence-electron chi connectivity index (χ0n) is 17.9. The van der Waals surface area contributed by atoms with E-state index in [1.807, 2.05) is 13.8 Å². The number of rotatable bonds is 8. The third-order valence-electron chi connectivity index (χ3n) is 5.33. The molecule has 7 nitrogen and oxygen atoms in total. The van der Waals surface area contributed by atoms with E-state index in [9.17, 15) is 14.4 Å². The predicted octanol–water partition coefficient (Wildman–Crippen LogP) is 3.16. The van der Waals surface area contributed by atoms with Crippen LogP contribution in [0.15, 0.2) is 12.1 Å². The number of benzene rings is 1. The third kappa shape index (κ3) is 5.17. The minimum absolute atomic E-state index is 0. The van der Waals surface area contributed by atoms with Crippen molar-refractivity contribution >= 4 is 56.8 Å². The molecule has 1 aliphatic rings. The highest BCUT2D eigenvalue weighted by Crippen LogP contribution is 2.32. The summed E-state index contributed by atoms with van der Waals surface area (Å²) >= 11 is 1.48. The van der Waals surface area contributed by atoms with E-state index in [0.29, 0.717) is 18.2 Å². The highest BCUT2D eigenvalue weighted by Gasteiger charge is 2.32. The van der Waals surface area contributed by atoms with Gasteiger partial charge in [0, 0.05) is 25.9 Å². The minimum atomic E-state index is -0.275. The molecule has 3 rings (SSSR count). The predicted molar refractivity (Wildman–Crippen MR) is 122 cm³/mol. The van der Waals surface area contributed by atoms with Crippen LogP contribution in [-0.4, -0.2) is 65.2 Å². The number of aryl methyl sites for hydroxylation is 2. The van der Waals surface area contributed by atoms with Crippen LogP contribution in [-0.2, 0) is 14.4 Å². The first kappa shape index (κ1) is 24.2. The number of anilines is 1. The second-order valence-corrected chi connectivity index (χ2v) is 8.38. The van der Waals surface area contributed by atoms with Crippen LogP contribution in [0.3, 0.4) is 0 Å². The first-order valence-electron chi connectivity index (χ1n) is 10.1. The lowest BCUT2D eigenvalue weighted by Crippen LogP contribution is -2.45. The fraction of sp³-hybridized carbons (Fsp3) is 0.524. The topological polar surface area (TPSA) is 73.8 Å². The molecule has 30 heavy (non-hydrogen) atoms. The number of halogens is 1. The Morgan fingerprint density at radius 3 is 2.33 bits per heavy atom. The normalized spacial score (nSPS) is 14.0. The van der Waals surface area contributed by atoms with Gasteiger partial charge in [0.15, 0.2) is 5.13 Å². The summed E-state index contributed by atoms with van der Waals surface area (Å²) in [5, 5.41) is 0.616. The van der Waals surface area contributed by atoms with E-state index in [1.54, 1.807) is 4.90 Å². The quantitative estimate of drug-likeness (QED) is 0.575. The zero-order valence-corrected chi connectivity index (χ0v) is 19.6. The number of likely N-dealkylation sites (tertiary alicyclic amines) is 1. The van der Waals surface area contributed by atoms with Crippen LogP contribution in [0.5, 0.6) is 0 Å². The number of imide groups is 1. The molecule has 0 radical (unpaired) electrons. The summed E-state index contributed by atoms with van der Waals surface area (Å²) in [6.07, 6.45) is 0.371. The van der Waals surface area contributed by atoms with Crippen LogP contribution in [0.4, 0.5) is 5.13 Å². The van der Waals surface area contributed by atoms with Crippen molar-refractivity contribution in [3.8, 4) is 0 Å². The summed E-state index contributed by atoms with van der Waals surface area (Å²) in [5.74, 6) is -0.820. The molecular weight excluding hydrogens is 424 g/mol. The molecule has 0 saturated carbocycles. The molecule has 9 heteroatoms. The molecule has 0 N–H and O–H groups in total. The van der Waals surface area contributed by atoms with Gasteiger partial charge in [0.05, 0.1) is 10.2 Å². The summed E-state index contributed by atoms with van der Waals surface area (Å²) < 4.78 is 1.03. The maximum absolute atomic E-state index is 13.1. The van der Waals surface area contributed by atoms with E-state index in [2.05, 4.69) is 30.9 Å². The lowest BCUT2D eigenvalue weighted by atomic mass is 10.1. The highest BCUT2D eigenvalue weighted by atomic mass is 35.5. The number of amides is 3. The number of carbonyl (C=O) groups excluding carboxylic acids is 3. The largest absolute Gasteiger partial charge is 0.302 e. The molecule has 2 aromatic rings. The number of fused-ring (bicyclic) bond motifs is 1. The molecule has 1 aromatic heterocycles. The molecule has 0 atom stereocenters. The van der Waals surface area contributed by atoms with Gasteiger partial charge in [0.25, 0.3) is 0 Å². The van der Waals surface area contributed by atoms with Crippen LogP contribution in [0, 0.1) is 13.8 Å². The number of aromatic nitrogens is 1. The summed E-state index contributed by atoms with van der Waals surface area (Å²) in [6.45, 7) is 11.0. The van der Waals surface area contributed by atoms with Crippen molar-refractivity contribution < 1.29 is 14.4 Å². The van der Waals surface area contributed by atoms with E-state index < -0.39 is 0 Å². The van der Waals surface area contributed by atoms with E-state index >= 15 is 0 Å². The molecule has 0 unspecified atom stereocenters. The maximum Gasteiger partial charge on any atom is 0.248 e. The Kier molecular flexibility index (Phi) is 8.34. The Morgan fingerprint density at radius 1 is 1.10 bits per heavy atom. The number of thiazole rings is 1. The van der Waals surface area contributed by atoms with Crippen LogP contribution >= 0.6 is 23.7 Å². The van der Waals surface area contributed by atoms with Gasteiger partial charge in [0.1, 0.15) is 6.54 Å². The Morgan fingerprint density at radius 2 is 1.73 bits per heavy atom. The first-order valence-corrected chi connectivity index (χ1v) is 10.9. The molecular formula is C21H29ClN4O3S. The average molecular weight is 453 g/mol. The molecule has 1 fully saturated rings. The molecule has 3 amide bonds. The smallest absolute Gasteiger partial charge is 0.248 e. The van der Waals surface area contributed by atoms with Crippen LogP contribution in [0.1, 0.15) is 37.8 Å². The van der Waals surface area contributed by atoms with Crippen LogP contribution < -0.4 is 4.90 Å². The Labute approximate surface area is 187 Å². The molecule has 164 valence electrons. The molecule has 1 saturated heterocycles. The van der Waals surface area contributed by atoms with Crippen molar-refractivity contribution in [2.45, 2.75) is 40.5 Å². The standard InChI is InChI=1S/C21H28N4O3S.ClH/c1-5-23(6-2)9-10-24(19(28)13-25-17(26)7-8-18(25)27)21-22-20-15(4)11-14(3)12-16(20)29-21;/h11-12H,5-10,13H2,1-4H3;1H. The van der Waals surface area contributed by atoms with Crippen molar-refractivity contribution in [3.05, 3.63) is 23.3 Å². The van der Waals surface area contributed by atoms with Gasteiger partial charge in [-0.3, -0.25) is 24.2 Å². The number of likely N-dealkylation sites (N-methyl/N-ethyl adjacent to an activating group) is 1. The highest BCUT2D eigenvalue weighted by molar-refractivity contribution is 7.22. The monoisotopic (exact) mass is 452 g/mol. The van der Waals surface area contributed by atoms with Gasteiger partial charge in [-0.15, -0.1) is 12.4 Å². The van der Waals surface area contributed by atoms with Crippen molar-refractivity contribution in [2.75, 3.05) is 37.6 Å². The number of carbonyl (C=O) groups is 3. The van der Waals surface area contributed by atoms with E-state index in [-0.39, 0.29) is 49.5 Å². The maximum atomic E-state index is 13.1. The number of hydrogen-bond donors (Lipinski definition) is 0. The number of nitrogens with zero attached hydrogens (tertiary/aromatic N) is 4. The van der Waals surface area contributed by atoms with Crippen LogP contribution in [0.25, 0.3) is 10.2 Å². The van der Waals surface area contributed by atoms with E-state index in [0.717, 1.165) is 39.3 Å². The van der Waals surface area contributed by atoms with Gasteiger partial charge >= 0.3 is 0 Å². The fourth-order valence-electron chi connectivity index (χ4n) is 3.60. The molecule has 0 aliphatic carbocycles. The van der Waals surface area contributed by atoms with Gasteiger partial charge in [-0.25, -0.2) is 4.98 Å². The lowest BCUT2D eigenvalue weighted by Gasteiger charge is -2.26. The minimum Gasteiger partial charge on any atom is -0.302 e. The van der Waals surface area contributed by atoms with E-state index in [4.69, 9.17) is 4.98 Å². The Balaban J connectivity index is 0.00000320. The molecule has 0 spiro atoms. The van der Waals surface area contributed by atoms with Crippen molar-refractivity contribution in [3.63, 3.8) is 0 Å². The Bertz CT molecular complexity index is 926. The first-order chi connectivity index (χ1) is 13.8. The average Bonchev–Trinajstić information content (AvgIpc) is 3.23. The van der Waals surface area contributed by atoms with Gasteiger partial charge in [-0.1, -0.05) is 31.3 Å². The lowest BCUT2D eigenvalue weighted by molar-refractivity contribution is -0.141. The van der Waals surface area contributed by atoms with Crippen molar-refractivity contribution in [2.24, 2.45) is 0 Å². The second-order valence-electron chi connectivity index (χ2n) is 7.37. The summed E-state index contributed by atoms with van der Waals surface area (Å²) in [4.78, 5) is 46.8. The summed E-state index contributed by atoms with van der Waals surface area (Å²) in [6, 6.07) is 4.15. The fourth-order valence-corrected chi connectivity index (χ4v) is 4.79. The van der Waals surface area contributed by atoms with Crippen LogP contribution in [0.2, 0.25) is 0 Å². The van der Waals surface area contributed by atoms with Crippen molar-refractivity contribution in [1.82, 2.24) is 14.8 Å². The third-order valence-corrected chi connectivity index (χ3v) is 6.36. The van der Waals surface area contributed by atoms with Crippen molar-refractivity contribution in [1.29, 1.82) is 0 Å². The zero-order chi connectivity index (χ0) is 21.1. The molecule has 2 heterocycles. The second kappa shape index (κ2) is 10.3. The van der Waals surface area contributed by atoms with E-state index in [1.165, 1.54) is 11.3 Å². The SMILES string of the molecule is CCN(CC)CCN(C(=O)CN1C(=O)CCC1=O)c1nc2c(C)cc(C)cc2s1.Cl.